The van der Waals surface area contributed by atoms with Gasteiger partial charge in [-0.1, -0.05) is 41.7 Å². The molecule has 25 heavy (non-hydrogen) atoms. The van der Waals surface area contributed by atoms with Gasteiger partial charge in [-0.05, 0) is 30.7 Å². The minimum atomic E-state index is -3.78. The fourth-order valence-electron chi connectivity index (χ4n) is 2.27. The number of thiazole rings is 1. The Morgan fingerprint density at radius 2 is 1.92 bits per heavy atom. The molecule has 0 saturated heterocycles. The van der Waals surface area contributed by atoms with Gasteiger partial charge in [0.25, 0.3) is 0 Å². The Morgan fingerprint density at radius 1 is 1.16 bits per heavy atom. The van der Waals surface area contributed by atoms with Crippen molar-refractivity contribution in [1.29, 1.82) is 0 Å². The largest absolute Gasteiger partial charge is 0.331 e. The van der Waals surface area contributed by atoms with Gasteiger partial charge in [0.05, 0.1) is 16.0 Å². The van der Waals surface area contributed by atoms with E-state index >= 15 is 0 Å². The summed E-state index contributed by atoms with van der Waals surface area (Å²) in [6.45, 7) is 1.88. The molecular formula is C17H15N3O3S2. The first-order valence-corrected chi connectivity index (χ1v) is 9.67. The molecule has 0 saturated carbocycles. The fraction of sp³-hybridized carbons (Fsp3) is 0.0588. The lowest BCUT2D eigenvalue weighted by Gasteiger charge is -2.04. The highest BCUT2D eigenvalue weighted by Crippen LogP contribution is 2.26. The molecule has 0 aliphatic rings. The van der Waals surface area contributed by atoms with E-state index in [0.29, 0.717) is 21.3 Å². The summed E-state index contributed by atoms with van der Waals surface area (Å²) < 4.78 is 22.8. The van der Waals surface area contributed by atoms with Crippen LogP contribution in [0.2, 0.25) is 0 Å². The molecular weight excluding hydrogens is 358 g/mol. The Balaban J connectivity index is 1.83. The van der Waals surface area contributed by atoms with Crippen LogP contribution in [-0.4, -0.2) is 19.2 Å². The lowest BCUT2D eigenvalue weighted by molar-refractivity contribution is 0.104. The summed E-state index contributed by atoms with van der Waals surface area (Å²) in [5, 5.41) is 8.61. The van der Waals surface area contributed by atoms with Gasteiger partial charge in [-0.2, -0.15) is 0 Å². The number of rotatable bonds is 5. The third-order valence-electron chi connectivity index (χ3n) is 3.53. The summed E-state index contributed by atoms with van der Waals surface area (Å²) in [7, 11) is -3.78. The number of benzene rings is 2. The SMILES string of the molecule is Cc1ccccc1C(=O)c1cnc(Nc2cccc(S(N)(=O)=O)c2)s1. The molecule has 128 valence electrons. The first-order valence-electron chi connectivity index (χ1n) is 7.30. The molecule has 0 aliphatic heterocycles. The van der Waals surface area contributed by atoms with Crippen LogP contribution >= 0.6 is 11.3 Å². The molecule has 8 heteroatoms. The molecule has 1 aromatic heterocycles. The monoisotopic (exact) mass is 373 g/mol. The molecule has 0 amide bonds. The number of anilines is 2. The molecule has 3 N–H and O–H groups in total. The van der Waals surface area contributed by atoms with Crippen molar-refractivity contribution in [3.63, 3.8) is 0 Å². The molecule has 3 rings (SSSR count). The average molecular weight is 373 g/mol. The van der Waals surface area contributed by atoms with Crippen molar-refractivity contribution in [3.8, 4) is 0 Å². The second kappa shape index (κ2) is 6.75. The van der Waals surface area contributed by atoms with Crippen LogP contribution in [0.15, 0.2) is 59.6 Å². The van der Waals surface area contributed by atoms with Gasteiger partial charge < -0.3 is 5.32 Å². The van der Waals surface area contributed by atoms with E-state index < -0.39 is 10.0 Å². The average Bonchev–Trinajstić information content (AvgIpc) is 3.03. The Bertz CT molecular complexity index is 1040. The van der Waals surface area contributed by atoms with E-state index in [0.717, 1.165) is 5.56 Å². The van der Waals surface area contributed by atoms with Gasteiger partial charge in [-0.3, -0.25) is 4.79 Å². The number of aryl methyl sites for hydroxylation is 1. The number of carbonyl (C=O) groups excluding carboxylic acids is 1. The normalized spacial score (nSPS) is 11.3. The zero-order chi connectivity index (χ0) is 18.0. The van der Waals surface area contributed by atoms with E-state index in [-0.39, 0.29) is 10.7 Å². The van der Waals surface area contributed by atoms with Crippen LogP contribution in [0.25, 0.3) is 0 Å². The predicted molar refractivity (Wildman–Crippen MR) is 97.8 cm³/mol. The van der Waals surface area contributed by atoms with Crippen molar-refractivity contribution in [2.24, 2.45) is 5.14 Å². The van der Waals surface area contributed by atoms with Gasteiger partial charge in [-0.15, -0.1) is 0 Å². The number of aromatic nitrogens is 1. The topological polar surface area (TPSA) is 102 Å². The minimum Gasteiger partial charge on any atom is -0.331 e. The van der Waals surface area contributed by atoms with E-state index in [1.54, 1.807) is 18.2 Å². The van der Waals surface area contributed by atoms with E-state index in [1.165, 1.54) is 29.7 Å². The number of hydrogen-bond acceptors (Lipinski definition) is 6. The van der Waals surface area contributed by atoms with E-state index in [9.17, 15) is 13.2 Å². The summed E-state index contributed by atoms with van der Waals surface area (Å²) in [6, 6.07) is 13.5. The maximum atomic E-state index is 12.6. The molecule has 0 radical (unpaired) electrons. The molecule has 1 heterocycles. The number of primary sulfonamides is 1. The molecule has 3 aromatic rings. The van der Waals surface area contributed by atoms with Gasteiger partial charge >= 0.3 is 0 Å². The van der Waals surface area contributed by atoms with Crippen molar-refractivity contribution in [1.82, 2.24) is 4.98 Å². The zero-order valence-corrected chi connectivity index (χ0v) is 14.9. The second-order valence-electron chi connectivity index (χ2n) is 5.37. The van der Waals surface area contributed by atoms with Crippen LogP contribution in [0, 0.1) is 6.92 Å². The van der Waals surface area contributed by atoms with Crippen LogP contribution in [0.5, 0.6) is 0 Å². The molecule has 2 aromatic carbocycles. The number of nitrogens with zero attached hydrogens (tertiary/aromatic N) is 1. The Labute approximate surface area is 149 Å². The molecule has 0 atom stereocenters. The fourth-order valence-corrected chi connectivity index (χ4v) is 3.62. The van der Waals surface area contributed by atoms with Gasteiger partial charge in [0.2, 0.25) is 15.8 Å². The van der Waals surface area contributed by atoms with E-state index in [2.05, 4.69) is 10.3 Å². The van der Waals surface area contributed by atoms with Crippen molar-refractivity contribution in [2.45, 2.75) is 11.8 Å². The third-order valence-corrected chi connectivity index (χ3v) is 5.36. The maximum Gasteiger partial charge on any atom is 0.238 e. The highest BCUT2D eigenvalue weighted by molar-refractivity contribution is 7.89. The summed E-state index contributed by atoms with van der Waals surface area (Å²) in [5.41, 5.74) is 2.06. The number of hydrogen-bond donors (Lipinski definition) is 2. The van der Waals surface area contributed by atoms with Crippen LogP contribution in [0.1, 0.15) is 20.8 Å². The summed E-state index contributed by atoms with van der Waals surface area (Å²) in [4.78, 5) is 17.3. The molecule has 6 nitrogen and oxygen atoms in total. The van der Waals surface area contributed by atoms with Gasteiger partial charge in [0, 0.05) is 11.3 Å². The lowest BCUT2D eigenvalue weighted by Crippen LogP contribution is -2.12. The first kappa shape index (κ1) is 17.3. The third kappa shape index (κ3) is 3.93. The number of nitrogens with two attached hydrogens (primary N) is 1. The van der Waals surface area contributed by atoms with E-state index in [4.69, 9.17) is 5.14 Å². The van der Waals surface area contributed by atoms with Crippen LogP contribution in [0.3, 0.4) is 0 Å². The summed E-state index contributed by atoms with van der Waals surface area (Å²) in [5.74, 6) is -0.0954. The van der Waals surface area contributed by atoms with Gasteiger partial charge in [0.15, 0.2) is 5.13 Å². The predicted octanol–water partition coefficient (Wildman–Crippen LogP) is 3.07. The Kier molecular flexibility index (Phi) is 4.67. The van der Waals surface area contributed by atoms with Crippen LogP contribution < -0.4 is 10.5 Å². The highest BCUT2D eigenvalue weighted by Gasteiger charge is 2.15. The van der Waals surface area contributed by atoms with Crippen molar-refractivity contribution in [3.05, 3.63) is 70.7 Å². The summed E-state index contributed by atoms with van der Waals surface area (Å²) in [6.07, 6.45) is 1.51. The quantitative estimate of drug-likeness (QED) is 0.669. The first-order chi connectivity index (χ1) is 11.8. The summed E-state index contributed by atoms with van der Waals surface area (Å²) >= 11 is 1.20. The number of nitrogens with one attached hydrogen (secondary N) is 1. The molecule has 0 aliphatic carbocycles. The molecule has 0 unspecified atom stereocenters. The van der Waals surface area contributed by atoms with Crippen molar-refractivity contribution in [2.75, 3.05) is 5.32 Å². The number of sulfonamides is 1. The van der Waals surface area contributed by atoms with Crippen LogP contribution in [-0.2, 0) is 10.0 Å². The zero-order valence-electron chi connectivity index (χ0n) is 13.3. The standard InChI is InChI=1S/C17H15N3O3S2/c1-11-5-2-3-8-14(11)16(21)15-10-19-17(24-15)20-12-6-4-7-13(9-12)25(18,22)23/h2-10H,1H3,(H,19,20)(H2,18,22,23). The molecule has 0 bridgehead atoms. The Hall–Kier alpha value is -2.55. The minimum absolute atomic E-state index is 0.00488. The van der Waals surface area contributed by atoms with Crippen molar-refractivity contribution < 1.29 is 13.2 Å². The number of carbonyl (C=O) groups is 1. The molecule has 0 spiro atoms. The van der Waals surface area contributed by atoms with Crippen molar-refractivity contribution >= 4 is 38.0 Å². The Morgan fingerprint density at radius 3 is 2.64 bits per heavy atom. The maximum absolute atomic E-state index is 12.6. The lowest BCUT2D eigenvalue weighted by atomic mass is 10.0. The van der Waals surface area contributed by atoms with E-state index in [1.807, 2.05) is 25.1 Å². The van der Waals surface area contributed by atoms with Gasteiger partial charge in [0.1, 0.15) is 0 Å². The second-order valence-corrected chi connectivity index (χ2v) is 7.96. The van der Waals surface area contributed by atoms with Gasteiger partial charge in [-0.25, -0.2) is 18.5 Å². The highest BCUT2D eigenvalue weighted by atomic mass is 32.2. The van der Waals surface area contributed by atoms with Crippen LogP contribution in [0.4, 0.5) is 10.8 Å². The molecule has 0 fully saturated rings. The number of ketones is 1. The smallest absolute Gasteiger partial charge is 0.238 e.